The fourth-order valence-electron chi connectivity index (χ4n) is 3.17. The van der Waals surface area contributed by atoms with Crippen molar-refractivity contribution in [3.05, 3.63) is 11.9 Å². The van der Waals surface area contributed by atoms with Crippen LogP contribution in [0.5, 0.6) is 0 Å². The second-order valence-corrected chi connectivity index (χ2v) is 6.26. The van der Waals surface area contributed by atoms with Gasteiger partial charge in [-0.3, -0.25) is 14.2 Å². The van der Waals surface area contributed by atoms with Gasteiger partial charge in [-0.15, -0.1) is 0 Å². The van der Waals surface area contributed by atoms with E-state index in [1.807, 2.05) is 36.7 Å². The molecule has 1 amide bonds. The first-order valence-electron chi connectivity index (χ1n) is 7.64. The number of hydrogen-bond acceptors (Lipinski definition) is 3. The van der Waals surface area contributed by atoms with Crippen LogP contribution in [0.3, 0.4) is 0 Å². The van der Waals surface area contributed by atoms with E-state index in [0.717, 1.165) is 36.2 Å². The van der Waals surface area contributed by atoms with Gasteiger partial charge in [-0.1, -0.05) is 6.92 Å². The molecule has 2 aromatic rings. The highest BCUT2D eigenvalue weighted by Crippen LogP contribution is 2.21. The third-order valence-corrected chi connectivity index (χ3v) is 4.43. The number of fused-ring (bicyclic) bond motifs is 1. The van der Waals surface area contributed by atoms with Crippen LogP contribution in [-0.4, -0.2) is 43.5 Å². The first kappa shape index (κ1) is 14.1. The zero-order valence-corrected chi connectivity index (χ0v) is 13.2. The summed E-state index contributed by atoms with van der Waals surface area (Å²) in [6.45, 7) is 7.81. The van der Waals surface area contributed by atoms with Gasteiger partial charge in [-0.25, -0.2) is 0 Å². The Bertz CT molecular complexity index is 636. The molecule has 6 nitrogen and oxygen atoms in total. The Morgan fingerprint density at radius 1 is 1.43 bits per heavy atom. The minimum atomic E-state index is -0.262. The van der Waals surface area contributed by atoms with Crippen molar-refractivity contribution in [1.82, 2.24) is 24.5 Å². The van der Waals surface area contributed by atoms with Crippen molar-refractivity contribution in [2.75, 3.05) is 13.1 Å². The van der Waals surface area contributed by atoms with E-state index in [1.165, 1.54) is 6.42 Å². The van der Waals surface area contributed by atoms with Crippen LogP contribution in [-0.2, 0) is 11.8 Å². The predicted octanol–water partition coefficient (Wildman–Crippen LogP) is 1.90. The Hall–Kier alpha value is -1.85. The standard InChI is InChI=1S/C15H23N5O/c1-10-6-5-7-19(8-10)15(21)12(3)20-9-13-14(17-20)11(2)16-18(13)4/h9-10,12H,5-8H2,1-4H3. The third-order valence-electron chi connectivity index (χ3n) is 4.43. The van der Waals surface area contributed by atoms with E-state index in [4.69, 9.17) is 0 Å². The van der Waals surface area contributed by atoms with E-state index in [-0.39, 0.29) is 11.9 Å². The zero-order valence-electron chi connectivity index (χ0n) is 13.2. The Balaban J connectivity index is 1.84. The zero-order chi connectivity index (χ0) is 15.1. The summed E-state index contributed by atoms with van der Waals surface area (Å²) in [5.41, 5.74) is 2.75. The summed E-state index contributed by atoms with van der Waals surface area (Å²) in [6.07, 6.45) is 4.24. The van der Waals surface area contributed by atoms with Crippen molar-refractivity contribution in [3.63, 3.8) is 0 Å². The number of carbonyl (C=O) groups excluding carboxylic acids is 1. The molecule has 0 aliphatic carbocycles. The maximum atomic E-state index is 12.7. The molecule has 2 aromatic heterocycles. The summed E-state index contributed by atoms with van der Waals surface area (Å²) in [7, 11) is 1.90. The maximum Gasteiger partial charge on any atom is 0.247 e. The van der Waals surface area contributed by atoms with E-state index in [1.54, 1.807) is 4.68 Å². The lowest BCUT2D eigenvalue weighted by molar-refractivity contribution is -0.136. The van der Waals surface area contributed by atoms with E-state index in [9.17, 15) is 4.79 Å². The van der Waals surface area contributed by atoms with Crippen LogP contribution in [0.25, 0.3) is 11.0 Å². The minimum Gasteiger partial charge on any atom is -0.341 e. The number of amides is 1. The average molecular weight is 289 g/mol. The second kappa shape index (κ2) is 5.16. The lowest BCUT2D eigenvalue weighted by Crippen LogP contribution is -2.42. The molecule has 0 saturated carbocycles. The fourth-order valence-corrected chi connectivity index (χ4v) is 3.17. The lowest BCUT2D eigenvalue weighted by Gasteiger charge is -2.32. The van der Waals surface area contributed by atoms with Crippen molar-refractivity contribution in [2.45, 2.75) is 39.7 Å². The van der Waals surface area contributed by atoms with Crippen molar-refractivity contribution in [1.29, 1.82) is 0 Å². The first-order chi connectivity index (χ1) is 9.97. The van der Waals surface area contributed by atoms with Gasteiger partial charge in [0.2, 0.25) is 5.91 Å². The van der Waals surface area contributed by atoms with Gasteiger partial charge in [0.15, 0.2) is 0 Å². The Kier molecular flexibility index (Phi) is 3.47. The molecule has 0 aromatic carbocycles. The molecule has 2 atom stereocenters. The quantitative estimate of drug-likeness (QED) is 0.848. The van der Waals surface area contributed by atoms with Crippen molar-refractivity contribution in [3.8, 4) is 0 Å². The largest absolute Gasteiger partial charge is 0.341 e. The SMILES string of the molecule is Cc1nn(C)c2cn(C(C)C(=O)N3CCCC(C)C3)nc12. The summed E-state index contributed by atoms with van der Waals surface area (Å²) in [5.74, 6) is 0.762. The fraction of sp³-hybridized carbons (Fsp3) is 0.667. The molecular weight excluding hydrogens is 266 g/mol. The molecule has 2 unspecified atom stereocenters. The second-order valence-electron chi connectivity index (χ2n) is 6.26. The molecule has 6 heteroatoms. The molecule has 0 bridgehead atoms. The molecular formula is C15H23N5O. The highest BCUT2D eigenvalue weighted by atomic mass is 16.2. The summed E-state index contributed by atoms with van der Waals surface area (Å²) >= 11 is 0. The first-order valence-corrected chi connectivity index (χ1v) is 7.64. The molecule has 1 saturated heterocycles. The molecule has 1 aliphatic heterocycles. The number of carbonyl (C=O) groups is 1. The van der Waals surface area contributed by atoms with E-state index >= 15 is 0 Å². The van der Waals surface area contributed by atoms with Gasteiger partial charge < -0.3 is 4.90 Å². The third kappa shape index (κ3) is 2.43. The van der Waals surface area contributed by atoms with E-state index < -0.39 is 0 Å². The number of rotatable bonds is 2. The van der Waals surface area contributed by atoms with Gasteiger partial charge in [0.05, 0.1) is 11.9 Å². The van der Waals surface area contributed by atoms with Crippen LogP contribution in [0.4, 0.5) is 0 Å². The number of aromatic nitrogens is 4. The van der Waals surface area contributed by atoms with Gasteiger partial charge in [0, 0.05) is 20.1 Å². The highest BCUT2D eigenvalue weighted by molar-refractivity contribution is 5.82. The molecule has 0 N–H and O–H groups in total. The Morgan fingerprint density at radius 3 is 2.86 bits per heavy atom. The molecule has 21 heavy (non-hydrogen) atoms. The van der Waals surface area contributed by atoms with Crippen LogP contribution in [0.2, 0.25) is 0 Å². The monoisotopic (exact) mass is 289 g/mol. The summed E-state index contributed by atoms with van der Waals surface area (Å²) in [6, 6.07) is -0.262. The highest BCUT2D eigenvalue weighted by Gasteiger charge is 2.27. The molecule has 114 valence electrons. The molecule has 1 fully saturated rings. The normalized spacial score (nSPS) is 21.0. The molecule has 3 rings (SSSR count). The van der Waals surface area contributed by atoms with Crippen molar-refractivity contribution < 1.29 is 4.79 Å². The molecule has 3 heterocycles. The van der Waals surface area contributed by atoms with Crippen LogP contribution < -0.4 is 0 Å². The number of aryl methyl sites for hydroxylation is 2. The summed E-state index contributed by atoms with van der Waals surface area (Å²) in [5, 5.41) is 8.89. The number of likely N-dealkylation sites (tertiary alicyclic amines) is 1. The lowest BCUT2D eigenvalue weighted by atomic mass is 10.00. The van der Waals surface area contributed by atoms with Gasteiger partial charge >= 0.3 is 0 Å². The van der Waals surface area contributed by atoms with Crippen LogP contribution in [0.1, 0.15) is 38.4 Å². The number of hydrogen-bond donors (Lipinski definition) is 0. The van der Waals surface area contributed by atoms with Gasteiger partial charge in [0.1, 0.15) is 17.1 Å². The summed E-state index contributed by atoms with van der Waals surface area (Å²) < 4.78 is 3.59. The van der Waals surface area contributed by atoms with Gasteiger partial charge in [0.25, 0.3) is 0 Å². The number of piperidine rings is 1. The molecule has 0 radical (unpaired) electrons. The minimum absolute atomic E-state index is 0.167. The van der Waals surface area contributed by atoms with E-state index in [2.05, 4.69) is 17.1 Å². The topological polar surface area (TPSA) is 56.0 Å². The summed E-state index contributed by atoms with van der Waals surface area (Å²) in [4.78, 5) is 14.6. The van der Waals surface area contributed by atoms with Crippen molar-refractivity contribution in [2.24, 2.45) is 13.0 Å². The maximum absolute atomic E-state index is 12.7. The number of nitrogens with zero attached hydrogens (tertiary/aromatic N) is 5. The predicted molar refractivity (Wildman–Crippen MR) is 80.9 cm³/mol. The average Bonchev–Trinajstić information content (AvgIpc) is 3.00. The van der Waals surface area contributed by atoms with Gasteiger partial charge in [-0.05, 0) is 32.6 Å². The van der Waals surface area contributed by atoms with Gasteiger partial charge in [-0.2, -0.15) is 10.2 Å². The van der Waals surface area contributed by atoms with E-state index in [0.29, 0.717) is 5.92 Å². The Labute approximate surface area is 124 Å². The van der Waals surface area contributed by atoms with Crippen LogP contribution >= 0.6 is 0 Å². The van der Waals surface area contributed by atoms with Crippen molar-refractivity contribution >= 4 is 16.9 Å². The molecule has 1 aliphatic rings. The molecule has 0 spiro atoms. The smallest absolute Gasteiger partial charge is 0.247 e. The van der Waals surface area contributed by atoms with Crippen LogP contribution in [0, 0.1) is 12.8 Å². The Morgan fingerprint density at radius 2 is 2.19 bits per heavy atom. The van der Waals surface area contributed by atoms with Crippen LogP contribution in [0.15, 0.2) is 6.20 Å².